The molecular weight excluding hydrogens is 379 g/mol. The van der Waals surface area contributed by atoms with Crippen LogP contribution in [0.25, 0.3) is 11.8 Å². The Morgan fingerprint density at radius 3 is 2.37 bits per heavy atom. The molecule has 0 N–H and O–H groups in total. The highest BCUT2D eigenvalue weighted by Crippen LogP contribution is 2.17. The minimum Gasteiger partial charge on any atom is -0.333 e. The van der Waals surface area contributed by atoms with E-state index in [1.807, 2.05) is 30.3 Å². The van der Waals surface area contributed by atoms with E-state index < -0.39 is 0 Å². The Morgan fingerprint density at radius 2 is 1.70 bits per heavy atom. The van der Waals surface area contributed by atoms with E-state index in [0.29, 0.717) is 18.7 Å². The second kappa shape index (κ2) is 10.3. The van der Waals surface area contributed by atoms with Crippen LogP contribution in [0.4, 0.5) is 4.39 Å². The first kappa shape index (κ1) is 21.2. The fourth-order valence-electron chi connectivity index (χ4n) is 3.14. The molecule has 0 aliphatic carbocycles. The van der Waals surface area contributed by atoms with Gasteiger partial charge in [0.2, 0.25) is 0 Å². The number of hydrogen-bond acceptors (Lipinski definition) is 2. The molecule has 5 heteroatoms. The summed E-state index contributed by atoms with van der Waals surface area (Å²) in [4.78, 5) is 27.9. The van der Waals surface area contributed by atoms with Gasteiger partial charge in [-0.25, -0.2) is 4.39 Å². The molecule has 154 valence electrons. The van der Waals surface area contributed by atoms with Gasteiger partial charge in [-0.15, -0.1) is 0 Å². The maximum Gasteiger partial charge on any atom is 0.271 e. The van der Waals surface area contributed by atoms with Gasteiger partial charge < -0.3 is 4.90 Å². The van der Waals surface area contributed by atoms with E-state index in [9.17, 15) is 14.0 Å². The lowest BCUT2D eigenvalue weighted by Gasteiger charge is -2.25. The SMILES string of the molecule is CCCCN(Cc1ccccc1)C(=O)C(=Cc1ccc(F)cc1)n1ccccc1=O. The molecule has 0 saturated carbocycles. The lowest BCUT2D eigenvalue weighted by molar-refractivity contribution is -0.126. The minimum absolute atomic E-state index is 0.235. The summed E-state index contributed by atoms with van der Waals surface area (Å²) >= 11 is 0. The number of pyridine rings is 1. The molecule has 0 spiro atoms. The van der Waals surface area contributed by atoms with Crippen molar-refractivity contribution < 1.29 is 9.18 Å². The average molecular weight is 404 g/mol. The largest absolute Gasteiger partial charge is 0.333 e. The molecule has 3 aromatic rings. The molecule has 0 fully saturated rings. The van der Waals surface area contributed by atoms with Crippen molar-refractivity contribution >= 4 is 17.7 Å². The van der Waals surface area contributed by atoms with E-state index in [1.54, 1.807) is 41.4 Å². The third-order valence-electron chi connectivity index (χ3n) is 4.76. The predicted octanol–water partition coefficient (Wildman–Crippen LogP) is 4.81. The number of benzene rings is 2. The van der Waals surface area contributed by atoms with Crippen LogP contribution in [0.15, 0.2) is 83.8 Å². The summed E-state index contributed by atoms with van der Waals surface area (Å²) in [5.74, 6) is -0.601. The van der Waals surface area contributed by atoms with Crippen molar-refractivity contribution in [3.63, 3.8) is 0 Å². The van der Waals surface area contributed by atoms with Gasteiger partial charge in [0.05, 0.1) is 0 Å². The summed E-state index contributed by atoms with van der Waals surface area (Å²) in [6.45, 7) is 3.09. The second-order valence-corrected chi connectivity index (χ2v) is 7.06. The normalized spacial score (nSPS) is 11.3. The molecule has 0 unspecified atom stereocenters. The van der Waals surface area contributed by atoms with E-state index in [1.165, 1.54) is 22.8 Å². The van der Waals surface area contributed by atoms with Crippen LogP contribution in [-0.4, -0.2) is 21.9 Å². The summed E-state index contributed by atoms with van der Waals surface area (Å²) in [7, 11) is 0. The molecule has 2 aromatic carbocycles. The number of hydrogen-bond donors (Lipinski definition) is 0. The standard InChI is InChI=1S/C25H25FN2O2/c1-2-3-16-27(19-21-9-5-4-6-10-21)25(30)23(28-17-8-7-11-24(28)29)18-20-12-14-22(26)15-13-20/h4-15,17-18H,2-3,16,19H2,1H3. The molecule has 30 heavy (non-hydrogen) atoms. The van der Waals surface area contributed by atoms with Gasteiger partial charge in [-0.3, -0.25) is 14.2 Å². The van der Waals surface area contributed by atoms with Gasteiger partial charge in [0.15, 0.2) is 0 Å². The van der Waals surface area contributed by atoms with Crippen LogP contribution in [0.5, 0.6) is 0 Å². The maximum atomic E-state index is 13.6. The molecule has 0 radical (unpaired) electrons. The average Bonchev–Trinajstić information content (AvgIpc) is 2.77. The van der Waals surface area contributed by atoms with Gasteiger partial charge >= 0.3 is 0 Å². The molecule has 1 amide bonds. The molecule has 0 aliphatic heterocycles. The first-order valence-corrected chi connectivity index (χ1v) is 10.1. The summed E-state index contributed by atoms with van der Waals surface area (Å²) in [6.07, 6.45) is 5.01. The Hall–Kier alpha value is -3.47. The van der Waals surface area contributed by atoms with Crippen molar-refractivity contribution in [1.82, 2.24) is 9.47 Å². The van der Waals surface area contributed by atoms with Gasteiger partial charge in [-0.1, -0.05) is 61.9 Å². The number of amides is 1. The number of carbonyl (C=O) groups excluding carboxylic acids is 1. The summed E-state index contributed by atoms with van der Waals surface area (Å²) < 4.78 is 14.7. The van der Waals surface area contributed by atoms with Crippen molar-refractivity contribution in [3.05, 3.63) is 106 Å². The van der Waals surface area contributed by atoms with E-state index in [2.05, 4.69) is 6.92 Å². The molecule has 0 atom stereocenters. The smallest absolute Gasteiger partial charge is 0.271 e. The summed E-state index contributed by atoms with van der Waals surface area (Å²) in [5, 5.41) is 0. The number of unbranched alkanes of at least 4 members (excludes halogenated alkanes) is 1. The zero-order chi connectivity index (χ0) is 21.3. The Kier molecular flexibility index (Phi) is 7.33. The zero-order valence-electron chi connectivity index (χ0n) is 17.0. The monoisotopic (exact) mass is 404 g/mol. The Morgan fingerprint density at radius 1 is 1.00 bits per heavy atom. The van der Waals surface area contributed by atoms with Crippen molar-refractivity contribution in [2.75, 3.05) is 6.54 Å². The van der Waals surface area contributed by atoms with Crippen LogP contribution >= 0.6 is 0 Å². The van der Waals surface area contributed by atoms with Gasteiger partial charge in [0.25, 0.3) is 11.5 Å². The fourth-order valence-corrected chi connectivity index (χ4v) is 3.14. The van der Waals surface area contributed by atoms with Gasteiger partial charge in [0.1, 0.15) is 11.5 Å². The van der Waals surface area contributed by atoms with Crippen LogP contribution < -0.4 is 5.56 Å². The van der Waals surface area contributed by atoms with Gasteiger partial charge in [-0.05, 0) is 41.8 Å². The summed E-state index contributed by atoms with van der Waals surface area (Å²) in [6, 6.07) is 20.4. The number of carbonyl (C=O) groups is 1. The quantitative estimate of drug-likeness (QED) is 0.506. The molecule has 0 aliphatic rings. The summed E-state index contributed by atoms with van der Waals surface area (Å²) in [5.41, 5.74) is 1.60. The lowest BCUT2D eigenvalue weighted by Crippen LogP contribution is -2.35. The van der Waals surface area contributed by atoms with Gasteiger partial charge in [0, 0.05) is 25.4 Å². The Labute approximate surface area is 175 Å². The first-order valence-electron chi connectivity index (χ1n) is 10.1. The number of nitrogens with zero attached hydrogens (tertiary/aromatic N) is 2. The number of rotatable bonds is 8. The highest BCUT2D eigenvalue weighted by Gasteiger charge is 2.20. The topological polar surface area (TPSA) is 42.3 Å². The molecule has 1 heterocycles. The van der Waals surface area contributed by atoms with Crippen LogP contribution in [-0.2, 0) is 11.3 Å². The Bertz CT molecular complexity index is 1060. The van der Waals surface area contributed by atoms with Crippen LogP contribution in [0, 0.1) is 5.82 Å². The maximum absolute atomic E-state index is 13.6. The highest BCUT2D eigenvalue weighted by molar-refractivity contribution is 6.18. The second-order valence-electron chi connectivity index (χ2n) is 7.06. The van der Waals surface area contributed by atoms with E-state index >= 15 is 0 Å². The van der Waals surface area contributed by atoms with Gasteiger partial charge in [-0.2, -0.15) is 0 Å². The Balaban J connectivity index is 2.03. The number of halogens is 1. The van der Waals surface area contributed by atoms with Crippen molar-refractivity contribution in [2.45, 2.75) is 26.3 Å². The molecule has 4 nitrogen and oxygen atoms in total. The molecular formula is C25H25FN2O2. The molecule has 0 saturated heterocycles. The van der Waals surface area contributed by atoms with E-state index in [4.69, 9.17) is 0 Å². The van der Waals surface area contributed by atoms with E-state index in [-0.39, 0.29) is 23.0 Å². The van der Waals surface area contributed by atoms with Crippen LogP contribution in [0.1, 0.15) is 30.9 Å². The number of aromatic nitrogens is 1. The zero-order valence-corrected chi connectivity index (χ0v) is 17.0. The fraction of sp³-hybridized carbons (Fsp3) is 0.200. The van der Waals surface area contributed by atoms with E-state index in [0.717, 1.165) is 18.4 Å². The van der Waals surface area contributed by atoms with Crippen LogP contribution in [0.2, 0.25) is 0 Å². The predicted molar refractivity (Wildman–Crippen MR) is 118 cm³/mol. The van der Waals surface area contributed by atoms with Crippen LogP contribution in [0.3, 0.4) is 0 Å². The lowest BCUT2D eigenvalue weighted by atomic mass is 10.1. The minimum atomic E-state index is -0.356. The van der Waals surface area contributed by atoms with Crippen molar-refractivity contribution in [3.8, 4) is 0 Å². The molecule has 1 aromatic heterocycles. The first-order chi connectivity index (χ1) is 14.6. The highest BCUT2D eigenvalue weighted by atomic mass is 19.1. The van der Waals surface area contributed by atoms with Crippen molar-refractivity contribution in [1.29, 1.82) is 0 Å². The van der Waals surface area contributed by atoms with Crippen molar-refractivity contribution in [2.24, 2.45) is 0 Å². The third-order valence-corrected chi connectivity index (χ3v) is 4.76. The molecule has 3 rings (SSSR count). The third kappa shape index (κ3) is 5.54. The molecule has 0 bridgehead atoms.